The Bertz CT molecular complexity index is 564. The molecule has 7 heteroatoms. The Morgan fingerprint density at radius 2 is 2.04 bits per heavy atom. The van der Waals surface area contributed by atoms with Gasteiger partial charge in [0, 0.05) is 19.5 Å². The summed E-state index contributed by atoms with van der Waals surface area (Å²) >= 11 is 3.09. The van der Waals surface area contributed by atoms with Gasteiger partial charge < -0.3 is 15.0 Å². The molecule has 23 heavy (non-hydrogen) atoms. The van der Waals surface area contributed by atoms with Gasteiger partial charge in [0.15, 0.2) is 0 Å². The highest BCUT2D eigenvalue weighted by Gasteiger charge is 2.34. The minimum Gasteiger partial charge on any atom is -0.465 e. The number of alkyl halides is 1. The van der Waals surface area contributed by atoms with E-state index in [4.69, 9.17) is 4.74 Å². The number of benzene rings is 1. The van der Waals surface area contributed by atoms with Gasteiger partial charge in [-0.1, -0.05) is 46.3 Å². The highest BCUT2D eigenvalue weighted by atomic mass is 79.9. The Balaban J connectivity index is 1.84. The third kappa shape index (κ3) is 5.06. The van der Waals surface area contributed by atoms with Gasteiger partial charge in [0.2, 0.25) is 11.8 Å². The summed E-state index contributed by atoms with van der Waals surface area (Å²) in [6.45, 7) is 1.05. The molecule has 0 radical (unpaired) electrons. The van der Waals surface area contributed by atoms with E-state index in [2.05, 4.69) is 21.2 Å². The number of piperazine rings is 1. The van der Waals surface area contributed by atoms with Gasteiger partial charge in [-0.15, -0.1) is 0 Å². The van der Waals surface area contributed by atoms with Gasteiger partial charge in [-0.05, 0) is 5.56 Å². The predicted octanol–water partition coefficient (Wildman–Crippen LogP) is 0.884. The van der Waals surface area contributed by atoms with Crippen molar-refractivity contribution in [3.8, 4) is 0 Å². The quantitative estimate of drug-likeness (QED) is 0.585. The molecule has 0 unspecified atom stereocenters. The number of nitrogens with one attached hydrogen (secondary N) is 1. The first-order chi connectivity index (χ1) is 11.1. The summed E-state index contributed by atoms with van der Waals surface area (Å²) in [4.78, 5) is 37.2. The van der Waals surface area contributed by atoms with E-state index in [0.717, 1.165) is 5.56 Å². The van der Waals surface area contributed by atoms with Crippen LogP contribution in [0.1, 0.15) is 12.0 Å². The van der Waals surface area contributed by atoms with Crippen LogP contribution in [-0.4, -0.2) is 53.8 Å². The fourth-order valence-corrected chi connectivity index (χ4v) is 2.76. The van der Waals surface area contributed by atoms with E-state index in [1.807, 2.05) is 30.3 Å². The Labute approximate surface area is 143 Å². The van der Waals surface area contributed by atoms with Crippen molar-refractivity contribution in [2.45, 2.75) is 18.9 Å². The molecular weight excluding hydrogens is 364 g/mol. The molecule has 6 nitrogen and oxygen atoms in total. The molecule has 1 saturated heterocycles. The van der Waals surface area contributed by atoms with Crippen LogP contribution in [0.2, 0.25) is 0 Å². The van der Waals surface area contributed by atoms with Crippen molar-refractivity contribution in [3.05, 3.63) is 35.9 Å². The average Bonchev–Trinajstić information content (AvgIpc) is 2.57. The molecule has 2 amide bonds. The molecular formula is C16H19BrN2O4. The van der Waals surface area contributed by atoms with Crippen LogP contribution in [0.4, 0.5) is 0 Å². The van der Waals surface area contributed by atoms with Crippen LogP contribution < -0.4 is 5.32 Å². The number of hydrogen-bond donors (Lipinski definition) is 1. The monoisotopic (exact) mass is 382 g/mol. The van der Waals surface area contributed by atoms with Gasteiger partial charge in [-0.2, -0.15) is 0 Å². The van der Waals surface area contributed by atoms with E-state index in [9.17, 15) is 14.4 Å². The topological polar surface area (TPSA) is 75.7 Å². The summed E-state index contributed by atoms with van der Waals surface area (Å²) in [5.41, 5.74) is 1.08. The number of carbonyl (C=O) groups is 3. The maximum atomic E-state index is 12.0. The van der Waals surface area contributed by atoms with Gasteiger partial charge in [0.1, 0.15) is 6.04 Å². The zero-order valence-electron chi connectivity index (χ0n) is 12.7. The van der Waals surface area contributed by atoms with Crippen LogP contribution in [0, 0.1) is 0 Å². The van der Waals surface area contributed by atoms with Crippen LogP contribution in [-0.2, 0) is 25.5 Å². The maximum Gasteiger partial charge on any atom is 0.308 e. The lowest BCUT2D eigenvalue weighted by atomic mass is 10.1. The van der Waals surface area contributed by atoms with E-state index < -0.39 is 12.0 Å². The lowest BCUT2D eigenvalue weighted by molar-refractivity contribution is -0.151. The molecule has 1 fully saturated rings. The van der Waals surface area contributed by atoms with E-state index in [-0.39, 0.29) is 30.2 Å². The fraction of sp³-hybridized carbons (Fsp3) is 0.438. The summed E-state index contributed by atoms with van der Waals surface area (Å²) in [5.74, 6) is -0.997. The molecule has 0 aromatic heterocycles. The van der Waals surface area contributed by atoms with Crippen molar-refractivity contribution < 1.29 is 19.1 Å². The lowest BCUT2D eigenvalue weighted by Crippen LogP contribution is -2.58. The van der Waals surface area contributed by atoms with Crippen molar-refractivity contribution >= 4 is 33.7 Å². The summed E-state index contributed by atoms with van der Waals surface area (Å²) in [5, 5.41) is 2.80. The smallest absolute Gasteiger partial charge is 0.308 e. The van der Waals surface area contributed by atoms with Crippen LogP contribution in [0.25, 0.3) is 0 Å². The number of ether oxygens (including phenoxy) is 1. The van der Waals surface area contributed by atoms with Crippen LogP contribution in [0.3, 0.4) is 0 Å². The molecule has 1 aliphatic rings. The van der Waals surface area contributed by atoms with Gasteiger partial charge in [0.05, 0.1) is 18.4 Å². The third-order valence-electron chi connectivity index (χ3n) is 3.62. The first kappa shape index (κ1) is 17.5. The number of nitrogens with zero attached hydrogens (tertiary/aromatic N) is 1. The maximum absolute atomic E-state index is 12.0. The number of carbonyl (C=O) groups excluding carboxylic acids is 3. The van der Waals surface area contributed by atoms with Crippen LogP contribution in [0.5, 0.6) is 0 Å². The first-order valence-electron chi connectivity index (χ1n) is 7.44. The summed E-state index contributed by atoms with van der Waals surface area (Å²) in [7, 11) is 0. The van der Waals surface area contributed by atoms with Crippen molar-refractivity contribution in [1.29, 1.82) is 0 Å². The standard InChI is InChI=1S/C16H19BrN2O4/c17-11-14(20)19-8-7-18-16(22)13(19)10-15(21)23-9-6-12-4-2-1-3-5-12/h1-5,13H,6-11H2,(H,18,22)/t13-/m0/s1. The van der Waals surface area contributed by atoms with Crippen LogP contribution in [0.15, 0.2) is 30.3 Å². The average molecular weight is 383 g/mol. The third-order valence-corrected chi connectivity index (χ3v) is 4.10. The Hall–Kier alpha value is -1.89. The minimum absolute atomic E-state index is 0.125. The minimum atomic E-state index is -0.793. The largest absolute Gasteiger partial charge is 0.465 e. The number of rotatable bonds is 6. The molecule has 0 aliphatic carbocycles. The zero-order chi connectivity index (χ0) is 16.7. The van der Waals surface area contributed by atoms with E-state index >= 15 is 0 Å². The SMILES string of the molecule is O=C(C[C@H]1C(=O)NCCN1C(=O)CBr)OCCc1ccccc1. The zero-order valence-corrected chi connectivity index (χ0v) is 14.3. The molecule has 2 rings (SSSR count). The lowest BCUT2D eigenvalue weighted by Gasteiger charge is -2.34. The molecule has 1 atom stereocenters. The summed E-state index contributed by atoms with van der Waals surface area (Å²) in [6, 6.07) is 8.89. The van der Waals surface area contributed by atoms with Crippen molar-refractivity contribution in [2.24, 2.45) is 0 Å². The number of halogens is 1. The molecule has 0 spiro atoms. The fourth-order valence-electron chi connectivity index (χ4n) is 2.44. The second-order valence-electron chi connectivity index (χ2n) is 5.19. The van der Waals surface area contributed by atoms with Crippen LogP contribution >= 0.6 is 15.9 Å². The number of hydrogen-bond acceptors (Lipinski definition) is 4. The Kier molecular flexibility index (Phi) is 6.58. The van der Waals surface area contributed by atoms with Crippen molar-refractivity contribution in [3.63, 3.8) is 0 Å². The van der Waals surface area contributed by atoms with Gasteiger partial charge >= 0.3 is 5.97 Å². The van der Waals surface area contributed by atoms with Gasteiger partial charge in [0.25, 0.3) is 0 Å². The molecule has 1 heterocycles. The molecule has 0 bridgehead atoms. The molecule has 0 saturated carbocycles. The van der Waals surface area contributed by atoms with Crippen molar-refractivity contribution in [1.82, 2.24) is 10.2 Å². The molecule has 1 N–H and O–H groups in total. The predicted molar refractivity (Wildman–Crippen MR) is 88.0 cm³/mol. The van der Waals surface area contributed by atoms with E-state index in [1.165, 1.54) is 4.90 Å². The second kappa shape index (κ2) is 8.67. The van der Waals surface area contributed by atoms with E-state index in [1.54, 1.807) is 0 Å². The molecule has 124 valence electrons. The Morgan fingerprint density at radius 1 is 1.30 bits per heavy atom. The second-order valence-corrected chi connectivity index (χ2v) is 5.75. The molecule has 1 aliphatic heterocycles. The molecule has 1 aromatic carbocycles. The van der Waals surface area contributed by atoms with Gasteiger partial charge in [-0.3, -0.25) is 14.4 Å². The Morgan fingerprint density at radius 3 is 2.74 bits per heavy atom. The first-order valence-corrected chi connectivity index (χ1v) is 8.56. The molecule has 1 aromatic rings. The number of amides is 2. The summed E-state index contributed by atoms with van der Waals surface area (Å²) < 4.78 is 5.19. The normalized spacial score (nSPS) is 17.5. The highest BCUT2D eigenvalue weighted by molar-refractivity contribution is 9.09. The highest BCUT2D eigenvalue weighted by Crippen LogP contribution is 2.11. The van der Waals surface area contributed by atoms with Crippen molar-refractivity contribution in [2.75, 3.05) is 25.0 Å². The van der Waals surface area contributed by atoms with E-state index in [0.29, 0.717) is 19.5 Å². The van der Waals surface area contributed by atoms with Gasteiger partial charge in [-0.25, -0.2) is 0 Å². The number of esters is 1. The summed E-state index contributed by atoms with van der Waals surface area (Å²) in [6.07, 6.45) is 0.493.